The third-order valence-corrected chi connectivity index (χ3v) is 4.03. The normalized spacial score (nSPS) is 12.0. The highest BCUT2D eigenvalue weighted by Crippen LogP contribution is 2.22. The van der Waals surface area contributed by atoms with E-state index in [0.29, 0.717) is 6.54 Å². The maximum atomic E-state index is 10.2. The largest absolute Gasteiger partial charge is 0.497 e. The van der Waals surface area contributed by atoms with Crippen LogP contribution in [0, 0.1) is 6.92 Å². The van der Waals surface area contributed by atoms with Gasteiger partial charge in [0.15, 0.2) is 0 Å². The number of ether oxygens (including phenoxy) is 1. The zero-order valence-corrected chi connectivity index (χ0v) is 13.1. The maximum Gasteiger partial charge on any atom is 0.118 e. The Labute approximate surface area is 127 Å². The first kappa shape index (κ1) is 14.9. The summed E-state index contributed by atoms with van der Waals surface area (Å²) in [5, 5.41) is 13.4. The van der Waals surface area contributed by atoms with Crippen molar-refractivity contribution < 1.29 is 9.84 Å². The third kappa shape index (κ3) is 3.74. The van der Waals surface area contributed by atoms with E-state index < -0.39 is 6.10 Å². The summed E-state index contributed by atoms with van der Waals surface area (Å²) in [5.41, 5.74) is 3.03. The minimum atomic E-state index is -0.555. The number of benzene rings is 2. The van der Waals surface area contributed by atoms with Crippen molar-refractivity contribution in [2.24, 2.45) is 0 Å². The van der Waals surface area contributed by atoms with Crippen LogP contribution in [0.5, 0.6) is 5.75 Å². The molecule has 2 aromatic carbocycles. The molecule has 1 atom stereocenters. The highest BCUT2D eigenvalue weighted by Gasteiger charge is 2.07. The minimum absolute atomic E-state index is 0.460. The van der Waals surface area contributed by atoms with Crippen molar-refractivity contribution in [1.29, 1.82) is 0 Å². The van der Waals surface area contributed by atoms with Gasteiger partial charge in [-0.25, -0.2) is 0 Å². The Morgan fingerprint density at radius 3 is 2.50 bits per heavy atom. The van der Waals surface area contributed by atoms with Crippen molar-refractivity contribution in [1.82, 2.24) is 0 Å². The molecule has 2 N–H and O–H groups in total. The first-order chi connectivity index (χ1) is 9.60. The molecule has 0 aliphatic rings. The molecule has 0 aromatic heterocycles. The zero-order chi connectivity index (χ0) is 14.5. The average Bonchev–Trinajstić information content (AvgIpc) is 2.48. The molecule has 0 aliphatic carbocycles. The summed E-state index contributed by atoms with van der Waals surface area (Å²) in [6.07, 6.45) is -0.555. The van der Waals surface area contributed by atoms with E-state index in [1.165, 1.54) is 5.56 Å². The van der Waals surface area contributed by atoms with Crippen LogP contribution in [0.25, 0.3) is 0 Å². The second kappa shape index (κ2) is 6.77. The molecule has 20 heavy (non-hydrogen) atoms. The Morgan fingerprint density at radius 2 is 1.90 bits per heavy atom. The second-order valence-electron chi connectivity index (χ2n) is 4.63. The molecule has 1 unspecified atom stereocenters. The van der Waals surface area contributed by atoms with Gasteiger partial charge in [0.1, 0.15) is 5.75 Å². The van der Waals surface area contributed by atoms with Crippen molar-refractivity contribution >= 4 is 21.6 Å². The Bertz CT molecular complexity index is 569. The van der Waals surface area contributed by atoms with Gasteiger partial charge in [-0.1, -0.05) is 34.1 Å². The molecule has 4 heteroatoms. The number of methoxy groups -OCH3 is 1. The van der Waals surface area contributed by atoms with Crippen molar-refractivity contribution in [2.45, 2.75) is 13.0 Å². The van der Waals surface area contributed by atoms with Crippen molar-refractivity contribution in [3.63, 3.8) is 0 Å². The minimum Gasteiger partial charge on any atom is -0.497 e. The van der Waals surface area contributed by atoms with Crippen LogP contribution < -0.4 is 10.1 Å². The molecule has 2 rings (SSSR count). The number of aliphatic hydroxyl groups is 1. The monoisotopic (exact) mass is 335 g/mol. The lowest BCUT2D eigenvalue weighted by atomic mass is 10.1. The first-order valence-electron chi connectivity index (χ1n) is 6.42. The summed E-state index contributed by atoms with van der Waals surface area (Å²) in [7, 11) is 1.63. The SMILES string of the molecule is COc1ccc(C(O)CNc2ccc(C)c(Br)c2)cc1. The molecule has 2 aromatic rings. The summed E-state index contributed by atoms with van der Waals surface area (Å²) in [6.45, 7) is 2.50. The number of aliphatic hydroxyl groups excluding tert-OH is 1. The average molecular weight is 336 g/mol. The molecule has 0 aliphatic heterocycles. The molecule has 0 bridgehead atoms. The quantitative estimate of drug-likeness (QED) is 0.870. The molecule has 3 nitrogen and oxygen atoms in total. The Kier molecular flexibility index (Phi) is 5.04. The number of rotatable bonds is 5. The van der Waals surface area contributed by atoms with Crippen LogP contribution in [0.3, 0.4) is 0 Å². The topological polar surface area (TPSA) is 41.5 Å². The number of hydrogen-bond acceptors (Lipinski definition) is 3. The predicted molar refractivity (Wildman–Crippen MR) is 85.3 cm³/mol. The van der Waals surface area contributed by atoms with Gasteiger partial charge in [0, 0.05) is 16.7 Å². The van der Waals surface area contributed by atoms with E-state index in [1.807, 2.05) is 49.4 Å². The van der Waals surface area contributed by atoms with Gasteiger partial charge in [-0.3, -0.25) is 0 Å². The lowest BCUT2D eigenvalue weighted by molar-refractivity contribution is 0.191. The molecule has 0 amide bonds. The molecule has 0 radical (unpaired) electrons. The lowest BCUT2D eigenvalue weighted by Crippen LogP contribution is -2.12. The number of aryl methyl sites for hydroxylation is 1. The summed E-state index contributed by atoms with van der Waals surface area (Å²) >= 11 is 3.50. The van der Waals surface area contributed by atoms with Crippen LogP contribution in [0.15, 0.2) is 46.9 Å². The van der Waals surface area contributed by atoms with Gasteiger partial charge in [-0.15, -0.1) is 0 Å². The molecule has 0 saturated heterocycles. The van der Waals surface area contributed by atoms with Crippen LogP contribution >= 0.6 is 15.9 Å². The van der Waals surface area contributed by atoms with Gasteiger partial charge in [-0.05, 0) is 42.3 Å². The van der Waals surface area contributed by atoms with Gasteiger partial charge in [0.25, 0.3) is 0 Å². The van der Waals surface area contributed by atoms with E-state index in [-0.39, 0.29) is 0 Å². The smallest absolute Gasteiger partial charge is 0.118 e. The maximum absolute atomic E-state index is 10.2. The fourth-order valence-corrected chi connectivity index (χ4v) is 2.24. The van der Waals surface area contributed by atoms with Crippen molar-refractivity contribution in [3.8, 4) is 5.75 Å². The third-order valence-electron chi connectivity index (χ3n) is 3.17. The van der Waals surface area contributed by atoms with E-state index in [0.717, 1.165) is 21.5 Å². The highest BCUT2D eigenvalue weighted by atomic mass is 79.9. The summed E-state index contributed by atoms with van der Waals surface area (Å²) in [5.74, 6) is 0.788. The molecule has 0 saturated carbocycles. The van der Waals surface area contributed by atoms with Crippen LogP contribution in [0.2, 0.25) is 0 Å². The summed E-state index contributed by atoms with van der Waals surface area (Å²) in [4.78, 5) is 0. The molecule has 0 heterocycles. The predicted octanol–water partition coefficient (Wildman–Crippen LogP) is 3.91. The number of halogens is 1. The van der Waals surface area contributed by atoms with E-state index in [2.05, 4.69) is 21.2 Å². The molecular formula is C16H18BrNO2. The van der Waals surface area contributed by atoms with Gasteiger partial charge in [-0.2, -0.15) is 0 Å². The number of nitrogens with one attached hydrogen (secondary N) is 1. The van der Waals surface area contributed by atoms with Crippen molar-refractivity contribution in [2.75, 3.05) is 19.0 Å². The van der Waals surface area contributed by atoms with Crippen LogP contribution in [0.1, 0.15) is 17.2 Å². The second-order valence-corrected chi connectivity index (χ2v) is 5.49. The van der Waals surface area contributed by atoms with Gasteiger partial charge < -0.3 is 15.2 Å². The summed E-state index contributed by atoms with van der Waals surface area (Å²) < 4.78 is 6.16. The molecular weight excluding hydrogens is 318 g/mol. The zero-order valence-electron chi connectivity index (χ0n) is 11.6. The van der Waals surface area contributed by atoms with Crippen LogP contribution in [-0.2, 0) is 0 Å². The van der Waals surface area contributed by atoms with Gasteiger partial charge >= 0.3 is 0 Å². The standard InChI is InChI=1S/C16H18BrNO2/c1-11-3-6-13(9-15(11)17)18-10-16(19)12-4-7-14(20-2)8-5-12/h3-9,16,18-19H,10H2,1-2H3. The fourth-order valence-electron chi connectivity index (χ4n) is 1.86. The van der Waals surface area contributed by atoms with Gasteiger partial charge in [0.2, 0.25) is 0 Å². The first-order valence-corrected chi connectivity index (χ1v) is 7.21. The van der Waals surface area contributed by atoms with E-state index in [9.17, 15) is 5.11 Å². The highest BCUT2D eigenvalue weighted by molar-refractivity contribution is 9.10. The summed E-state index contributed by atoms with van der Waals surface area (Å²) in [6, 6.07) is 13.5. The van der Waals surface area contributed by atoms with E-state index >= 15 is 0 Å². The van der Waals surface area contributed by atoms with Crippen molar-refractivity contribution in [3.05, 3.63) is 58.1 Å². The van der Waals surface area contributed by atoms with E-state index in [4.69, 9.17) is 4.74 Å². The van der Waals surface area contributed by atoms with Gasteiger partial charge in [0.05, 0.1) is 13.2 Å². The molecule has 0 spiro atoms. The Morgan fingerprint density at radius 1 is 1.20 bits per heavy atom. The Balaban J connectivity index is 1.96. The number of anilines is 1. The van der Waals surface area contributed by atoms with Crippen LogP contribution in [-0.4, -0.2) is 18.8 Å². The Hall–Kier alpha value is -1.52. The lowest BCUT2D eigenvalue weighted by Gasteiger charge is -2.14. The van der Waals surface area contributed by atoms with Crippen LogP contribution in [0.4, 0.5) is 5.69 Å². The van der Waals surface area contributed by atoms with E-state index in [1.54, 1.807) is 7.11 Å². The molecule has 0 fully saturated rings. The molecule has 106 valence electrons. The number of hydrogen-bond donors (Lipinski definition) is 2. The fraction of sp³-hybridized carbons (Fsp3) is 0.250.